The van der Waals surface area contributed by atoms with Crippen LogP contribution in [0, 0.1) is 0 Å². The Labute approximate surface area is 115 Å². The van der Waals surface area contributed by atoms with Crippen molar-refractivity contribution < 1.29 is 0 Å². The molecule has 1 aromatic rings. The van der Waals surface area contributed by atoms with E-state index in [1.54, 1.807) is 0 Å². The van der Waals surface area contributed by atoms with Gasteiger partial charge >= 0.3 is 0 Å². The Bertz CT molecular complexity index is 348. The van der Waals surface area contributed by atoms with Crippen molar-refractivity contribution in [2.24, 2.45) is 0 Å². The summed E-state index contributed by atoms with van der Waals surface area (Å²) in [7, 11) is 2.00. The fourth-order valence-corrected chi connectivity index (χ4v) is 3.42. The zero-order chi connectivity index (χ0) is 12.6. The molecule has 2 nitrogen and oxygen atoms in total. The molecule has 1 heterocycles. The van der Waals surface area contributed by atoms with E-state index in [2.05, 4.69) is 34.5 Å². The molecule has 0 amide bonds. The lowest BCUT2D eigenvalue weighted by atomic mass is 10.1. The Balaban J connectivity index is 1.73. The Morgan fingerprint density at radius 3 is 2.83 bits per heavy atom. The van der Waals surface area contributed by atoms with Crippen molar-refractivity contribution >= 4 is 11.8 Å². The lowest BCUT2D eigenvalue weighted by Gasteiger charge is -2.26. The third-order valence-corrected chi connectivity index (χ3v) is 4.38. The van der Waals surface area contributed by atoms with Crippen molar-refractivity contribution in [1.29, 1.82) is 0 Å². The third kappa shape index (κ3) is 4.63. The molecular formula is C15H24N2S. The van der Waals surface area contributed by atoms with E-state index in [0.29, 0.717) is 0 Å². The Hall–Kier alpha value is -0.510. The predicted octanol–water partition coefficient (Wildman–Crippen LogP) is 2.98. The molecule has 0 unspecified atom stereocenters. The molecule has 1 aliphatic rings. The summed E-state index contributed by atoms with van der Waals surface area (Å²) in [6, 6.07) is 8.87. The van der Waals surface area contributed by atoms with E-state index >= 15 is 0 Å². The predicted molar refractivity (Wildman–Crippen MR) is 80.2 cm³/mol. The van der Waals surface area contributed by atoms with Gasteiger partial charge in [0.2, 0.25) is 0 Å². The van der Waals surface area contributed by atoms with Crippen molar-refractivity contribution in [1.82, 2.24) is 10.2 Å². The van der Waals surface area contributed by atoms with E-state index in [0.717, 1.165) is 6.54 Å². The van der Waals surface area contributed by atoms with Crippen LogP contribution in [0.3, 0.4) is 0 Å². The highest BCUT2D eigenvalue weighted by Crippen LogP contribution is 2.20. The molecule has 0 atom stereocenters. The minimum absolute atomic E-state index is 0.959. The van der Waals surface area contributed by atoms with Gasteiger partial charge in [0.1, 0.15) is 0 Å². The number of nitrogens with one attached hydrogen (secondary N) is 1. The van der Waals surface area contributed by atoms with Gasteiger partial charge < -0.3 is 10.2 Å². The zero-order valence-corrected chi connectivity index (χ0v) is 12.1. The van der Waals surface area contributed by atoms with Gasteiger partial charge in [-0.3, -0.25) is 0 Å². The minimum atomic E-state index is 0.959. The van der Waals surface area contributed by atoms with Crippen LogP contribution in [0.4, 0.5) is 0 Å². The van der Waals surface area contributed by atoms with Crippen LogP contribution < -0.4 is 5.32 Å². The van der Waals surface area contributed by atoms with Gasteiger partial charge in [0, 0.05) is 23.7 Å². The average molecular weight is 264 g/mol. The van der Waals surface area contributed by atoms with Crippen LogP contribution in [-0.4, -0.2) is 37.3 Å². The molecule has 0 aliphatic carbocycles. The second-order valence-electron chi connectivity index (χ2n) is 4.93. The van der Waals surface area contributed by atoms with Crippen LogP contribution in [-0.2, 0) is 6.54 Å². The molecule has 18 heavy (non-hydrogen) atoms. The van der Waals surface area contributed by atoms with E-state index in [1.807, 2.05) is 18.8 Å². The SMILES string of the molecule is CNCc1cccc(SCCN2CCCCC2)c1. The number of piperidine rings is 1. The fraction of sp³-hybridized carbons (Fsp3) is 0.600. The van der Waals surface area contributed by atoms with Gasteiger partial charge in [-0.15, -0.1) is 11.8 Å². The van der Waals surface area contributed by atoms with Crippen LogP contribution in [0.2, 0.25) is 0 Å². The number of hydrogen-bond acceptors (Lipinski definition) is 3. The monoisotopic (exact) mass is 264 g/mol. The normalized spacial score (nSPS) is 16.9. The summed E-state index contributed by atoms with van der Waals surface area (Å²) in [4.78, 5) is 4.01. The van der Waals surface area contributed by atoms with Gasteiger partial charge in [0.05, 0.1) is 0 Å². The fourth-order valence-electron chi connectivity index (χ4n) is 2.42. The van der Waals surface area contributed by atoms with Crippen LogP contribution in [0.15, 0.2) is 29.2 Å². The maximum Gasteiger partial charge on any atom is 0.0202 e. The summed E-state index contributed by atoms with van der Waals surface area (Å²) in [6.45, 7) is 4.81. The Morgan fingerprint density at radius 2 is 2.06 bits per heavy atom. The van der Waals surface area contributed by atoms with Gasteiger partial charge in [0.15, 0.2) is 0 Å². The number of likely N-dealkylation sites (tertiary alicyclic amines) is 1. The first kappa shape index (κ1) is 13.9. The van der Waals surface area contributed by atoms with Gasteiger partial charge in [-0.1, -0.05) is 18.6 Å². The topological polar surface area (TPSA) is 15.3 Å². The molecule has 1 aliphatic heterocycles. The van der Waals surface area contributed by atoms with Gasteiger partial charge in [0.25, 0.3) is 0 Å². The third-order valence-electron chi connectivity index (χ3n) is 3.40. The van der Waals surface area contributed by atoms with E-state index in [1.165, 1.54) is 55.1 Å². The summed E-state index contributed by atoms with van der Waals surface area (Å²) < 4.78 is 0. The molecule has 0 spiro atoms. The first-order valence-electron chi connectivity index (χ1n) is 6.97. The van der Waals surface area contributed by atoms with Crippen molar-refractivity contribution in [2.75, 3.05) is 32.4 Å². The quantitative estimate of drug-likeness (QED) is 0.795. The summed E-state index contributed by atoms with van der Waals surface area (Å²) in [5, 5.41) is 3.20. The minimum Gasteiger partial charge on any atom is -0.316 e. The molecule has 1 aromatic carbocycles. The highest BCUT2D eigenvalue weighted by Gasteiger charge is 2.09. The largest absolute Gasteiger partial charge is 0.316 e. The van der Waals surface area contributed by atoms with Crippen molar-refractivity contribution in [3.8, 4) is 0 Å². The van der Waals surface area contributed by atoms with E-state index in [-0.39, 0.29) is 0 Å². The van der Waals surface area contributed by atoms with Gasteiger partial charge in [-0.05, 0) is 50.7 Å². The van der Waals surface area contributed by atoms with E-state index < -0.39 is 0 Å². The number of thioether (sulfide) groups is 1. The van der Waals surface area contributed by atoms with Crippen LogP contribution in [0.5, 0.6) is 0 Å². The highest BCUT2D eigenvalue weighted by molar-refractivity contribution is 7.99. The van der Waals surface area contributed by atoms with Crippen LogP contribution >= 0.6 is 11.8 Å². The smallest absolute Gasteiger partial charge is 0.0202 e. The van der Waals surface area contributed by atoms with Crippen LogP contribution in [0.1, 0.15) is 24.8 Å². The number of benzene rings is 1. The molecule has 0 saturated carbocycles. The lowest BCUT2D eigenvalue weighted by Crippen LogP contribution is -2.31. The van der Waals surface area contributed by atoms with Crippen molar-refractivity contribution in [2.45, 2.75) is 30.7 Å². The van der Waals surface area contributed by atoms with Crippen molar-refractivity contribution in [3.05, 3.63) is 29.8 Å². The number of hydrogen-bond donors (Lipinski definition) is 1. The Morgan fingerprint density at radius 1 is 1.22 bits per heavy atom. The summed E-state index contributed by atoms with van der Waals surface area (Å²) in [5.74, 6) is 1.21. The molecule has 1 saturated heterocycles. The second kappa shape index (κ2) is 7.82. The molecule has 1 N–H and O–H groups in total. The molecular weight excluding hydrogens is 240 g/mol. The summed E-state index contributed by atoms with van der Waals surface area (Å²) in [6.07, 6.45) is 4.21. The first-order chi connectivity index (χ1) is 8.88. The van der Waals surface area contributed by atoms with Crippen molar-refractivity contribution in [3.63, 3.8) is 0 Å². The molecule has 0 radical (unpaired) electrons. The molecule has 1 fully saturated rings. The molecule has 0 bridgehead atoms. The summed E-state index contributed by atoms with van der Waals surface area (Å²) >= 11 is 1.98. The zero-order valence-electron chi connectivity index (χ0n) is 11.3. The number of nitrogens with zero attached hydrogens (tertiary/aromatic N) is 1. The Kier molecular flexibility index (Phi) is 6.05. The maximum absolute atomic E-state index is 3.20. The van der Waals surface area contributed by atoms with Crippen LogP contribution in [0.25, 0.3) is 0 Å². The molecule has 0 aromatic heterocycles. The molecule has 2 rings (SSSR count). The first-order valence-corrected chi connectivity index (χ1v) is 7.96. The second-order valence-corrected chi connectivity index (χ2v) is 6.10. The van der Waals surface area contributed by atoms with E-state index in [4.69, 9.17) is 0 Å². The van der Waals surface area contributed by atoms with Gasteiger partial charge in [-0.25, -0.2) is 0 Å². The lowest BCUT2D eigenvalue weighted by molar-refractivity contribution is 0.242. The maximum atomic E-state index is 3.20. The van der Waals surface area contributed by atoms with Gasteiger partial charge in [-0.2, -0.15) is 0 Å². The average Bonchev–Trinajstić information content (AvgIpc) is 2.41. The molecule has 3 heteroatoms. The molecule has 100 valence electrons. The van der Waals surface area contributed by atoms with E-state index in [9.17, 15) is 0 Å². The summed E-state index contributed by atoms with van der Waals surface area (Å²) in [5.41, 5.74) is 1.38. The standard InChI is InChI=1S/C15H24N2S/c1-16-13-14-6-5-7-15(12-14)18-11-10-17-8-3-2-4-9-17/h5-7,12,16H,2-4,8-11,13H2,1H3. The highest BCUT2D eigenvalue weighted by atomic mass is 32.2. The number of rotatable bonds is 6.